The Kier molecular flexibility index (Phi) is 3.47. The van der Waals surface area contributed by atoms with Gasteiger partial charge in [0, 0.05) is 11.6 Å². The number of aryl methyl sites for hydroxylation is 1. The molecule has 0 fully saturated rings. The topological polar surface area (TPSA) is 83.8 Å². The van der Waals surface area contributed by atoms with Crippen molar-refractivity contribution in [3.63, 3.8) is 0 Å². The van der Waals surface area contributed by atoms with Crippen molar-refractivity contribution in [2.75, 3.05) is 11.9 Å². The average molecular weight is 210 g/mol. The fourth-order valence-electron chi connectivity index (χ4n) is 1.41. The summed E-state index contributed by atoms with van der Waals surface area (Å²) in [5.41, 5.74) is 5.20. The Morgan fingerprint density at radius 3 is 2.80 bits per heavy atom. The van der Waals surface area contributed by atoms with E-state index in [-0.39, 0.29) is 11.1 Å². The summed E-state index contributed by atoms with van der Waals surface area (Å²) in [7, 11) is 0. The second-order valence-corrected chi connectivity index (χ2v) is 4.26. The molecule has 0 saturated carbocycles. The third kappa shape index (κ3) is 3.71. The predicted molar refractivity (Wildman–Crippen MR) is 61.0 cm³/mol. The molecule has 0 unspecified atom stereocenters. The summed E-state index contributed by atoms with van der Waals surface area (Å²) in [5.74, 6) is 1.20. The fraction of sp³-hybridized carbons (Fsp3) is 0.600. The van der Waals surface area contributed by atoms with Crippen molar-refractivity contribution in [1.29, 1.82) is 0 Å². The van der Waals surface area contributed by atoms with Crippen LogP contribution in [0.15, 0.2) is 10.9 Å². The van der Waals surface area contributed by atoms with E-state index < -0.39 is 0 Å². The zero-order valence-corrected chi connectivity index (χ0v) is 9.42. The highest BCUT2D eigenvalue weighted by atomic mass is 16.1. The molecule has 0 aromatic carbocycles. The lowest BCUT2D eigenvalue weighted by molar-refractivity contribution is 0.524. The Hall–Kier alpha value is -1.36. The molecule has 0 radical (unpaired) electrons. The summed E-state index contributed by atoms with van der Waals surface area (Å²) in [6, 6.07) is 1.45. The first kappa shape index (κ1) is 11.7. The molecule has 0 aliphatic carbocycles. The van der Waals surface area contributed by atoms with E-state index in [0.29, 0.717) is 18.2 Å². The molecule has 0 atom stereocenters. The number of aromatic nitrogens is 2. The van der Waals surface area contributed by atoms with Gasteiger partial charge in [0.1, 0.15) is 11.6 Å². The number of hydrogen-bond acceptors (Lipinski definition) is 4. The van der Waals surface area contributed by atoms with Crippen LogP contribution >= 0.6 is 0 Å². The van der Waals surface area contributed by atoms with Crippen LogP contribution in [-0.2, 0) is 0 Å². The maximum atomic E-state index is 11.2. The molecule has 15 heavy (non-hydrogen) atoms. The van der Waals surface area contributed by atoms with Gasteiger partial charge < -0.3 is 16.0 Å². The molecule has 1 aromatic rings. The first-order valence-electron chi connectivity index (χ1n) is 4.99. The summed E-state index contributed by atoms with van der Waals surface area (Å²) in [6.45, 7) is 6.40. The van der Waals surface area contributed by atoms with Crippen molar-refractivity contribution >= 4 is 5.82 Å². The third-order valence-electron chi connectivity index (χ3n) is 2.10. The molecular formula is C10H18N4O. The van der Waals surface area contributed by atoms with Gasteiger partial charge in [-0.2, -0.15) is 0 Å². The second kappa shape index (κ2) is 4.44. The first-order chi connectivity index (χ1) is 6.93. The van der Waals surface area contributed by atoms with Crippen molar-refractivity contribution in [2.24, 2.45) is 5.73 Å². The number of rotatable bonds is 4. The molecule has 0 spiro atoms. The maximum absolute atomic E-state index is 11.2. The SMILES string of the molecule is Cc1nc(NC(C)(C)CCN)cc(=O)[nH]1. The van der Waals surface area contributed by atoms with Crippen molar-refractivity contribution in [2.45, 2.75) is 32.7 Å². The number of nitrogens with one attached hydrogen (secondary N) is 2. The third-order valence-corrected chi connectivity index (χ3v) is 2.10. The molecule has 5 heteroatoms. The number of H-pyrrole nitrogens is 1. The van der Waals surface area contributed by atoms with Gasteiger partial charge >= 0.3 is 0 Å². The van der Waals surface area contributed by atoms with Crippen LogP contribution in [0.25, 0.3) is 0 Å². The minimum atomic E-state index is -0.151. The first-order valence-corrected chi connectivity index (χ1v) is 4.99. The highest BCUT2D eigenvalue weighted by molar-refractivity contribution is 5.35. The monoisotopic (exact) mass is 210 g/mol. The van der Waals surface area contributed by atoms with Crippen LogP contribution in [0.1, 0.15) is 26.1 Å². The maximum Gasteiger partial charge on any atom is 0.252 e. The van der Waals surface area contributed by atoms with Crippen molar-refractivity contribution in [1.82, 2.24) is 9.97 Å². The number of hydrogen-bond donors (Lipinski definition) is 3. The van der Waals surface area contributed by atoms with Crippen LogP contribution < -0.4 is 16.6 Å². The van der Waals surface area contributed by atoms with Gasteiger partial charge in [-0.1, -0.05) is 0 Å². The normalized spacial score (nSPS) is 11.5. The number of nitrogens with zero attached hydrogens (tertiary/aromatic N) is 1. The van der Waals surface area contributed by atoms with Crippen LogP contribution in [0, 0.1) is 6.92 Å². The summed E-state index contributed by atoms with van der Waals surface area (Å²) < 4.78 is 0. The molecule has 0 amide bonds. The zero-order valence-electron chi connectivity index (χ0n) is 9.42. The Morgan fingerprint density at radius 2 is 2.27 bits per heavy atom. The summed E-state index contributed by atoms with van der Waals surface area (Å²) in [6.07, 6.45) is 0.820. The van der Waals surface area contributed by atoms with Crippen LogP contribution in [0.3, 0.4) is 0 Å². The summed E-state index contributed by atoms with van der Waals surface area (Å²) in [5, 5.41) is 3.19. The second-order valence-electron chi connectivity index (χ2n) is 4.26. The van der Waals surface area contributed by atoms with E-state index in [1.54, 1.807) is 6.92 Å². The largest absolute Gasteiger partial charge is 0.365 e. The Balaban J connectivity index is 2.84. The van der Waals surface area contributed by atoms with Gasteiger partial charge in [0.2, 0.25) is 0 Å². The van der Waals surface area contributed by atoms with Crippen LogP contribution in [0.2, 0.25) is 0 Å². The lowest BCUT2D eigenvalue weighted by atomic mass is 10.0. The van der Waals surface area contributed by atoms with E-state index >= 15 is 0 Å². The fourth-order valence-corrected chi connectivity index (χ4v) is 1.41. The number of anilines is 1. The molecule has 1 aromatic heterocycles. The van der Waals surface area contributed by atoms with Crippen molar-refractivity contribution in [3.8, 4) is 0 Å². The van der Waals surface area contributed by atoms with Gasteiger partial charge in [0.15, 0.2) is 0 Å². The Labute approximate surface area is 89.1 Å². The Morgan fingerprint density at radius 1 is 1.60 bits per heavy atom. The van der Waals surface area contributed by atoms with E-state index in [9.17, 15) is 4.79 Å². The smallest absolute Gasteiger partial charge is 0.252 e. The summed E-state index contributed by atoms with van der Waals surface area (Å²) >= 11 is 0. The molecule has 1 heterocycles. The van der Waals surface area contributed by atoms with Gasteiger partial charge in [-0.3, -0.25) is 4.79 Å². The van der Waals surface area contributed by atoms with Gasteiger partial charge in [-0.05, 0) is 33.7 Å². The molecule has 5 nitrogen and oxygen atoms in total. The molecule has 0 bridgehead atoms. The number of aromatic amines is 1. The summed E-state index contributed by atoms with van der Waals surface area (Å²) in [4.78, 5) is 18.0. The van der Waals surface area contributed by atoms with Gasteiger partial charge in [0.25, 0.3) is 5.56 Å². The zero-order chi connectivity index (χ0) is 11.5. The van der Waals surface area contributed by atoms with Crippen molar-refractivity contribution in [3.05, 3.63) is 22.2 Å². The molecule has 84 valence electrons. The predicted octanol–water partition coefficient (Wildman–Crippen LogP) is 0.618. The average Bonchev–Trinajstić information content (AvgIpc) is 1.99. The quantitative estimate of drug-likeness (QED) is 0.680. The lowest BCUT2D eigenvalue weighted by Gasteiger charge is -2.26. The molecule has 4 N–H and O–H groups in total. The van der Waals surface area contributed by atoms with Gasteiger partial charge in [-0.15, -0.1) is 0 Å². The minimum Gasteiger partial charge on any atom is -0.365 e. The van der Waals surface area contributed by atoms with Gasteiger partial charge in [-0.25, -0.2) is 4.98 Å². The highest BCUT2D eigenvalue weighted by Gasteiger charge is 2.16. The highest BCUT2D eigenvalue weighted by Crippen LogP contribution is 2.14. The molecule has 0 aliphatic heterocycles. The molecule has 0 saturated heterocycles. The van der Waals surface area contributed by atoms with Gasteiger partial charge in [0.05, 0.1) is 0 Å². The minimum absolute atomic E-state index is 0.145. The van der Waals surface area contributed by atoms with Crippen LogP contribution in [-0.4, -0.2) is 22.1 Å². The molecule has 1 rings (SSSR count). The van der Waals surface area contributed by atoms with E-state index in [1.807, 2.05) is 13.8 Å². The van der Waals surface area contributed by atoms with E-state index in [2.05, 4.69) is 15.3 Å². The standard InChI is InChI=1S/C10H18N4O/c1-7-12-8(6-9(15)13-7)14-10(2,3)4-5-11/h6H,4-5,11H2,1-3H3,(H2,12,13,14,15). The number of nitrogens with two attached hydrogens (primary N) is 1. The van der Waals surface area contributed by atoms with E-state index in [4.69, 9.17) is 5.73 Å². The van der Waals surface area contributed by atoms with E-state index in [0.717, 1.165) is 6.42 Å². The molecule has 0 aliphatic rings. The van der Waals surface area contributed by atoms with Crippen LogP contribution in [0.4, 0.5) is 5.82 Å². The molecular weight excluding hydrogens is 192 g/mol. The lowest BCUT2D eigenvalue weighted by Crippen LogP contribution is -2.34. The van der Waals surface area contributed by atoms with E-state index in [1.165, 1.54) is 6.07 Å². The van der Waals surface area contributed by atoms with Crippen molar-refractivity contribution < 1.29 is 0 Å². The van der Waals surface area contributed by atoms with Crippen LogP contribution in [0.5, 0.6) is 0 Å². The Bertz CT molecular complexity index is 383.